The molecule has 21 heavy (non-hydrogen) atoms. The number of phenols is 1. The van der Waals surface area contributed by atoms with Gasteiger partial charge in [0.15, 0.2) is 17.3 Å². The van der Waals surface area contributed by atoms with Gasteiger partial charge in [-0.2, -0.15) is 18.0 Å². The topological polar surface area (TPSA) is 108 Å². The van der Waals surface area contributed by atoms with E-state index in [1.54, 1.807) is 6.07 Å². The molecule has 0 saturated heterocycles. The van der Waals surface area contributed by atoms with Gasteiger partial charge >= 0.3 is 10.3 Å². The summed E-state index contributed by atoms with van der Waals surface area (Å²) in [5.74, 6) is -1.08. The van der Waals surface area contributed by atoms with Gasteiger partial charge in [-0.1, -0.05) is 6.07 Å². The minimum absolute atomic E-state index is 0.0796. The quantitative estimate of drug-likeness (QED) is 0.644. The SMILES string of the molecule is CC(=O)/C(C#N)=C/c1ccc(OS(=O)(=O)N(C)C)c(O)c1. The van der Waals surface area contributed by atoms with E-state index in [9.17, 15) is 18.3 Å². The van der Waals surface area contributed by atoms with E-state index in [1.165, 1.54) is 45.3 Å². The molecule has 0 radical (unpaired) electrons. The molecule has 1 aromatic rings. The number of hydrogen-bond donors (Lipinski definition) is 1. The van der Waals surface area contributed by atoms with Crippen LogP contribution in [0.25, 0.3) is 6.08 Å². The van der Waals surface area contributed by atoms with E-state index in [2.05, 4.69) is 0 Å². The lowest BCUT2D eigenvalue weighted by molar-refractivity contribution is -0.113. The van der Waals surface area contributed by atoms with Gasteiger partial charge in [-0.3, -0.25) is 4.79 Å². The summed E-state index contributed by atoms with van der Waals surface area (Å²) >= 11 is 0. The molecule has 0 spiro atoms. The fraction of sp³-hybridized carbons (Fsp3) is 0.231. The summed E-state index contributed by atoms with van der Waals surface area (Å²) in [5.41, 5.74) is 0.290. The third-order valence-electron chi connectivity index (χ3n) is 2.44. The van der Waals surface area contributed by atoms with E-state index >= 15 is 0 Å². The molecule has 8 heteroatoms. The lowest BCUT2D eigenvalue weighted by Crippen LogP contribution is -2.27. The molecule has 1 aromatic carbocycles. The second kappa shape index (κ2) is 6.39. The summed E-state index contributed by atoms with van der Waals surface area (Å²) in [6.07, 6.45) is 1.28. The van der Waals surface area contributed by atoms with E-state index in [-0.39, 0.29) is 11.3 Å². The van der Waals surface area contributed by atoms with Crippen molar-refractivity contribution >= 4 is 22.2 Å². The zero-order chi connectivity index (χ0) is 16.2. The number of Topliss-reactive ketones (excluding diaryl/α,β-unsaturated/α-hetero) is 1. The van der Waals surface area contributed by atoms with Crippen molar-refractivity contribution < 1.29 is 22.5 Å². The Labute approximate surface area is 122 Å². The van der Waals surface area contributed by atoms with Crippen LogP contribution in [0.4, 0.5) is 0 Å². The lowest BCUT2D eigenvalue weighted by Gasteiger charge is -2.13. The van der Waals surface area contributed by atoms with Crippen LogP contribution in [0.15, 0.2) is 23.8 Å². The van der Waals surface area contributed by atoms with Gasteiger partial charge in [0.2, 0.25) is 0 Å². The Kier molecular flexibility index (Phi) is 5.07. The van der Waals surface area contributed by atoms with Crippen LogP contribution in [0.2, 0.25) is 0 Å². The molecule has 0 amide bonds. The molecular formula is C13H14N2O5S. The molecule has 112 valence electrons. The standard InChI is InChI=1S/C13H14N2O5S/c1-9(16)11(8-14)6-10-4-5-13(12(17)7-10)20-21(18,19)15(2)3/h4-7,17H,1-3H3/b11-6+. The number of carbonyl (C=O) groups is 1. The average Bonchev–Trinajstić information content (AvgIpc) is 2.38. The highest BCUT2D eigenvalue weighted by atomic mass is 32.2. The van der Waals surface area contributed by atoms with Gasteiger partial charge in [0, 0.05) is 14.1 Å². The summed E-state index contributed by atoms with van der Waals surface area (Å²) in [6, 6.07) is 5.58. The van der Waals surface area contributed by atoms with Crippen molar-refractivity contribution in [1.29, 1.82) is 5.26 Å². The number of ketones is 1. The van der Waals surface area contributed by atoms with Gasteiger partial charge in [-0.25, -0.2) is 0 Å². The molecule has 0 bridgehead atoms. The van der Waals surface area contributed by atoms with Gasteiger partial charge in [0.25, 0.3) is 0 Å². The molecule has 0 fully saturated rings. The Balaban J connectivity index is 3.13. The number of allylic oxidation sites excluding steroid dienone is 1. The van der Waals surface area contributed by atoms with Crippen LogP contribution >= 0.6 is 0 Å². The first-order chi connectivity index (χ1) is 9.67. The van der Waals surface area contributed by atoms with Crippen molar-refractivity contribution in [2.45, 2.75) is 6.92 Å². The van der Waals surface area contributed by atoms with Gasteiger partial charge < -0.3 is 9.29 Å². The third kappa shape index (κ3) is 4.30. The normalized spacial score (nSPS) is 12.0. The van der Waals surface area contributed by atoms with Crippen molar-refractivity contribution in [3.05, 3.63) is 29.3 Å². The number of hydrogen-bond acceptors (Lipinski definition) is 6. The van der Waals surface area contributed by atoms with Gasteiger partial charge in [0.05, 0.1) is 5.57 Å². The Hall–Kier alpha value is -2.37. The van der Waals surface area contributed by atoms with Crippen LogP contribution in [-0.4, -0.2) is 37.7 Å². The van der Waals surface area contributed by atoms with Crippen molar-refractivity contribution in [2.24, 2.45) is 0 Å². The van der Waals surface area contributed by atoms with Crippen LogP contribution < -0.4 is 4.18 Å². The van der Waals surface area contributed by atoms with Crippen LogP contribution in [-0.2, 0) is 15.1 Å². The molecule has 0 saturated carbocycles. The van der Waals surface area contributed by atoms with Crippen LogP contribution in [0, 0.1) is 11.3 Å². The number of nitrogens with zero attached hydrogens (tertiary/aromatic N) is 2. The van der Waals surface area contributed by atoms with E-state index in [0.29, 0.717) is 5.56 Å². The highest BCUT2D eigenvalue weighted by Gasteiger charge is 2.18. The summed E-state index contributed by atoms with van der Waals surface area (Å²) in [6.45, 7) is 1.25. The average molecular weight is 310 g/mol. The first-order valence-corrected chi connectivity index (χ1v) is 7.11. The van der Waals surface area contributed by atoms with Crippen molar-refractivity contribution in [3.8, 4) is 17.6 Å². The fourth-order valence-electron chi connectivity index (χ4n) is 1.26. The molecule has 0 aromatic heterocycles. The maximum atomic E-state index is 11.5. The monoisotopic (exact) mass is 310 g/mol. The molecule has 0 heterocycles. The Morgan fingerprint density at radius 3 is 2.48 bits per heavy atom. The van der Waals surface area contributed by atoms with Gasteiger partial charge in [-0.15, -0.1) is 0 Å². The fourth-order valence-corrected chi connectivity index (χ4v) is 1.78. The number of rotatable bonds is 5. The van der Waals surface area contributed by atoms with Gasteiger partial charge in [0.1, 0.15) is 6.07 Å². The Morgan fingerprint density at radius 1 is 1.43 bits per heavy atom. The van der Waals surface area contributed by atoms with E-state index < -0.39 is 21.8 Å². The Bertz CT molecular complexity index is 729. The molecule has 0 atom stereocenters. The van der Waals surface area contributed by atoms with Crippen LogP contribution in [0.1, 0.15) is 12.5 Å². The van der Waals surface area contributed by atoms with E-state index in [4.69, 9.17) is 9.44 Å². The van der Waals surface area contributed by atoms with Gasteiger partial charge in [-0.05, 0) is 30.7 Å². The zero-order valence-electron chi connectivity index (χ0n) is 11.7. The first kappa shape index (κ1) is 16.7. The predicted octanol–water partition coefficient (Wildman–Crippen LogP) is 1.07. The van der Waals surface area contributed by atoms with Crippen molar-refractivity contribution in [1.82, 2.24) is 4.31 Å². The van der Waals surface area contributed by atoms with Crippen molar-refractivity contribution in [2.75, 3.05) is 14.1 Å². The smallest absolute Gasteiger partial charge is 0.384 e. The van der Waals surface area contributed by atoms with Crippen LogP contribution in [0.5, 0.6) is 11.5 Å². The zero-order valence-corrected chi connectivity index (χ0v) is 12.5. The minimum atomic E-state index is -3.98. The predicted molar refractivity (Wildman–Crippen MR) is 75.6 cm³/mol. The highest BCUT2D eigenvalue weighted by molar-refractivity contribution is 7.84. The van der Waals surface area contributed by atoms with Crippen molar-refractivity contribution in [3.63, 3.8) is 0 Å². The second-order valence-electron chi connectivity index (χ2n) is 4.28. The Morgan fingerprint density at radius 2 is 2.05 bits per heavy atom. The molecule has 7 nitrogen and oxygen atoms in total. The molecule has 0 aliphatic carbocycles. The highest BCUT2D eigenvalue weighted by Crippen LogP contribution is 2.29. The molecular weight excluding hydrogens is 296 g/mol. The largest absolute Gasteiger partial charge is 0.504 e. The third-order valence-corrected chi connectivity index (χ3v) is 3.72. The minimum Gasteiger partial charge on any atom is -0.504 e. The molecule has 1 rings (SSSR count). The molecule has 0 aliphatic heterocycles. The molecule has 0 unspecified atom stereocenters. The van der Waals surface area contributed by atoms with Crippen LogP contribution in [0.3, 0.4) is 0 Å². The van der Waals surface area contributed by atoms with E-state index in [0.717, 1.165) is 4.31 Å². The number of phenolic OH excluding ortho intramolecular Hbond substituents is 1. The maximum absolute atomic E-state index is 11.5. The number of benzene rings is 1. The lowest BCUT2D eigenvalue weighted by atomic mass is 10.1. The molecule has 1 N–H and O–H groups in total. The summed E-state index contributed by atoms with van der Waals surface area (Å²) in [5, 5.41) is 18.5. The molecule has 0 aliphatic rings. The van der Waals surface area contributed by atoms with E-state index in [1.807, 2.05) is 0 Å². The maximum Gasteiger partial charge on any atom is 0.384 e. The summed E-state index contributed by atoms with van der Waals surface area (Å²) in [7, 11) is -1.40. The summed E-state index contributed by atoms with van der Waals surface area (Å²) < 4.78 is 28.7. The number of nitriles is 1. The first-order valence-electron chi connectivity index (χ1n) is 5.75. The number of aromatic hydroxyl groups is 1. The summed E-state index contributed by atoms with van der Waals surface area (Å²) in [4.78, 5) is 11.1. The second-order valence-corrected chi connectivity index (χ2v) is 6.03. The number of carbonyl (C=O) groups excluding carboxylic acids is 1.